The highest BCUT2D eigenvalue weighted by molar-refractivity contribution is 5.92. The second-order valence-corrected chi connectivity index (χ2v) is 5.61. The van der Waals surface area contributed by atoms with E-state index in [4.69, 9.17) is 14.6 Å². The van der Waals surface area contributed by atoms with Crippen molar-refractivity contribution in [1.82, 2.24) is 5.32 Å². The zero-order chi connectivity index (χ0) is 14.5. The number of aliphatic hydroxyl groups excluding tert-OH is 1. The summed E-state index contributed by atoms with van der Waals surface area (Å²) in [5, 5.41) is 11.9. The fourth-order valence-electron chi connectivity index (χ4n) is 2.52. The Bertz CT molecular complexity index is 365. The number of hydrogen-bond acceptors (Lipinski definition) is 4. The lowest BCUT2D eigenvalue weighted by Crippen LogP contribution is -2.39. The van der Waals surface area contributed by atoms with Gasteiger partial charge in [-0.15, -0.1) is 0 Å². The quantitative estimate of drug-likeness (QED) is 0.744. The van der Waals surface area contributed by atoms with Gasteiger partial charge in [0.05, 0.1) is 0 Å². The highest BCUT2D eigenvalue weighted by atomic mass is 16.7. The lowest BCUT2D eigenvalue weighted by Gasteiger charge is -2.35. The molecule has 2 rings (SSSR count). The van der Waals surface area contributed by atoms with Gasteiger partial charge in [-0.1, -0.05) is 6.92 Å². The molecule has 1 aliphatic heterocycles. The molecular weight excluding hydrogens is 258 g/mol. The van der Waals surface area contributed by atoms with Crippen LogP contribution in [-0.4, -0.2) is 36.6 Å². The third-order valence-electron chi connectivity index (χ3n) is 3.85. The summed E-state index contributed by atoms with van der Waals surface area (Å²) < 4.78 is 11.4. The van der Waals surface area contributed by atoms with Crippen molar-refractivity contribution in [3.05, 3.63) is 11.8 Å². The van der Waals surface area contributed by atoms with E-state index in [9.17, 15) is 4.79 Å². The largest absolute Gasteiger partial charge is 0.459 e. The first-order valence-electron chi connectivity index (χ1n) is 7.57. The minimum absolute atomic E-state index is 0.135. The van der Waals surface area contributed by atoms with Gasteiger partial charge in [-0.05, 0) is 44.6 Å². The van der Waals surface area contributed by atoms with Crippen LogP contribution in [0.4, 0.5) is 0 Å². The Morgan fingerprint density at radius 1 is 1.55 bits per heavy atom. The molecule has 0 aromatic heterocycles. The molecule has 2 N–H and O–H groups in total. The molecule has 114 valence electrons. The number of hydrogen-bond donors (Lipinski definition) is 2. The average molecular weight is 283 g/mol. The van der Waals surface area contributed by atoms with Gasteiger partial charge in [0.25, 0.3) is 5.91 Å². The molecule has 0 spiro atoms. The van der Waals surface area contributed by atoms with Gasteiger partial charge >= 0.3 is 0 Å². The van der Waals surface area contributed by atoms with Gasteiger partial charge in [0, 0.05) is 25.2 Å². The zero-order valence-electron chi connectivity index (χ0n) is 12.3. The number of amides is 1. The molecule has 0 aromatic carbocycles. The highest BCUT2D eigenvalue weighted by Crippen LogP contribution is 2.32. The van der Waals surface area contributed by atoms with Crippen molar-refractivity contribution < 1.29 is 19.4 Å². The molecule has 1 heterocycles. The fraction of sp³-hybridized carbons (Fsp3) is 0.800. The van der Waals surface area contributed by atoms with Crippen LogP contribution in [0.3, 0.4) is 0 Å². The maximum absolute atomic E-state index is 12.1. The molecule has 1 amide bonds. The fourth-order valence-corrected chi connectivity index (χ4v) is 2.52. The number of carbonyl (C=O) groups is 1. The topological polar surface area (TPSA) is 67.8 Å². The Labute approximate surface area is 120 Å². The molecule has 5 nitrogen and oxygen atoms in total. The van der Waals surface area contributed by atoms with Crippen LogP contribution < -0.4 is 5.32 Å². The van der Waals surface area contributed by atoms with Crippen LogP contribution in [0.25, 0.3) is 0 Å². The second-order valence-electron chi connectivity index (χ2n) is 5.61. The van der Waals surface area contributed by atoms with Gasteiger partial charge in [0.2, 0.25) is 6.29 Å². The Balaban J connectivity index is 2.01. The minimum Gasteiger partial charge on any atom is -0.459 e. The van der Waals surface area contributed by atoms with E-state index in [0.29, 0.717) is 18.4 Å². The summed E-state index contributed by atoms with van der Waals surface area (Å²) in [6, 6.07) is 0.319. The normalized spacial score (nSPS) is 29.6. The van der Waals surface area contributed by atoms with Crippen molar-refractivity contribution in [3.63, 3.8) is 0 Å². The van der Waals surface area contributed by atoms with Crippen LogP contribution in [0.5, 0.6) is 0 Å². The molecule has 3 atom stereocenters. The van der Waals surface area contributed by atoms with Gasteiger partial charge in [-0.2, -0.15) is 0 Å². The first-order chi connectivity index (χ1) is 9.65. The van der Waals surface area contributed by atoms with Crippen LogP contribution in [0, 0.1) is 11.8 Å². The van der Waals surface area contributed by atoms with E-state index in [-0.39, 0.29) is 24.3 Å². The van der Waals surface area contributed by atoms with E-state index in [0.717, 1.165) is 25.7 Å². The number of carbonyl (C=O) groups excluding carboxylic acids is 1. The maximum atomic E-state index is 12.1. The molecule has 0 saturated heterocycles. The lowest BCUT2D eigenvalue weighted by atomic mass is 9.87. The van der Waals surface area contributed by atoms with Gasteiger partial charge < -0.3 is 19.9 Å². The molecule has 5 heteroatoms. The summed E-state index contributed by atoms with van der Waals surface area (Å²) >= 11 is 0. The van der Waals surface area contributed by atoms with Crippen molar-refractivity contribution in [3.8, 4) is 0 Å². The third kappa shape index (κ3) is 3.96. The number of allylic oxidation sites excluding steroid dienone is 1. The molecule has 0 bridgehead atoms. The van der Waals surface area contributed by atoms with E-state index in [1.54, 1.807) is 0 Å². The molecule has 0 radical (unpaired) electrons. The summed E-state index contributed by atoms with van der Waals surface area (Å²) in [5.41, 5.74) is 0. The van der Waals surface area contributed by atoms with Gasteiger partial charge in [0.1, 0.15) is 0 Å². The van der Waals surface area contributed by atoms with Crippen molar-refractivity contribution >= 4 is 5.91 Å². The third-order valence-corrected chi connectivity index (χ3v) is 3.85. The van der Waals surface area contributed by atoms with Crippen LogP contribution >= 0.6 is 0 Å². The van der Waals surface area contributed by atoms with Crippen LogP contribution in [0.1, 0.15) is 39.5 Å². The van der Waals surface area contributed by atoms with Crippen LogP contribution in [-0.2, 0) is 14.3 Å². The average Bonchev–Trinajstić information content (AvgIpc) is 3.22. The van der Waals surface area contributed by atoms with E-state index < -0.39 is 6.29 Å². The van der Waals surface area contributed by atoms with E-state index in [2.05, 4.69) is 12.2 Å². The first-order valence-corrected chi connectivity index (χ1v) is 7.57. The number of rotatable bonds is 7. The second kappa shape index (κ2) is 7.09. The molecule has 0 unspecified atom stereocenters. The standard InChI is InChI=1S/C15H25NO4/c1-3-19-15-12(5-4-8-17)10(2)9-13(20-15)14(18)16-11-6-7-11/h9-12,15,17H,3-8H2,1-2H3,(H,16,18)/t10-,12-,15+/m0/s1. The molecule has 2 aliphatic rings. The summed E-state index contributed by atoms with van der Waals surface area (Å²) in [6.07, 6.45) is 5.16. The van der Waals surface area contributed by atoms with Gasteiger partial charge in [-0.25, -0.2) is 0 Å². The monoisotopic (exact) mass is 283 g/mol. The van der Waals surface area contributed by atoms with Crippen molar-refractivity contribution in [2.75, 3.05) is 13.2 Å². The van der Waals surface area contributed by atoms with Crippen LogP contribution in [0.15, 0.2) is 11.8 Å². The van der Waals surface area contributed by atoms with Crippen molar-refractivity contribution in [2.45, 2.75) is 51.9 Å². The molecule has 0 aromatic rings. The van der Waals surface area contributed by atoms with Gasteiger partial charge in [0.15, 0.2) is 5.76 Å². The van der Waals surface area contributed by atoms with Crippen molar-refractivity contribution in [2.24, 2.45) is 11.8 Å². The zero-order valence-corrected chi connectivity index (χ0v) is 12.3. The van der Waals surface area contributed by atoms with Crippen molar-refractivity contribution in [1.29, 1.82) is 0 Å². The number of ether oxygens (including phenoxy) is 2. The van der Waals surface area contributed by atoms with E-state index in [1.807, 2.05) is 13.0 Å². The number of aliphatic hydroxyl groups is 1. The molecule has 20 heavy (non-hydrogen) atoms. The Hall–Kier alpha value is -1.07. The Kier molecular flexibility index (Phi) is 5.43. The Morgan fingerprint density at radius 2 is 2.30 bits per heavy atom. The molecular formula is C15H25NO4. The molecule has 1 saturated carbocycles. The smallest absolute Gasteiger partial charge is 0.286 e. The maximum Gasteiger partial charge on any atom is 0.286 e. The minimum atomic E-state index is -0.397. The Morgan fingerprint density at radius 3 is 2.90 bits per heavy atom. The van der Waals surface area contributed by atoms with Gasteiger partial charge in [-0.3, -0.25) is 4.79 Å². The molecule has 1 fully saturated rings. The SMILES string of the molecule is CCO[C@@H]1OC(C(=O)NC2CC2)=C[C@H](C)[C@@H]1CCCO. The van der Waals surface area contributed by atoms with Crippen LogP contribution in [0.2, 0.25) is 0 Å². The first kappa shape index (κ1) is 15.3. The van der Waals surface area contributed by atoms with E-state index in [1.165, 1.54) is 0 Å². The highest BCUT2D eigenvalue weighted by Gasteiger charge is 2.35. The summed E-state index contributed by atoms with van der Waals surface area (Å²) in [6.45, 7) is 4.70. The predicted molar refractivity (Wildman–Crippen MR) is 74.7 cm³/mol. The van der Waals surface area contributed by atoms with E-state index >= 15 is 0 Å². The number of nitrogens with one attached hydrogen (secondary N) is 1. The lowest BCUT2D eigenvalue weighted by molar-refractivity contribution is -0.171. The summed E-state index contributed by atoms with van der Waals surface area (Å²) in [5.74, 6) is 0.624. The summed E-state index contributed by atoms with van der Waals surface area (Å²) in [4.78, 5) is 12.1. The predicted octanol–water partition coefficient (Wildman–Crippen LogP) is 1.57. The summed E-state index contributed by atoms with van der Waals surface area (Å²) in [7, 11) is 0. The molecule has 1 aliphatic carbocycles.